The molecule has 2 saturated carbocycles. The molecule has 4 atom stereocenters. The first-order valence-corrected chi connectivity index (χ1v) is 25.9. The number of hydrogen-bond donors (Lipinski definition) is 0. The molecule has 6 aliphatic heterocycles. The molecular weight excluding hydrogens is 1190 g/mol. The van der Waals surface area contributed by atoms with E-state index in [-0.39, 0.29) is 137 Å². The molecule has 9 rings (SSSR count). The molecule has 0 N–H and O–H groups in total. The molecule has 26 heteroatoms. The van der Waals surface area contributed by atoms with Gasteiger partial charge in [0, 0.05) is 113 Å². The van der Waals surface area contributed by atoms with E-state index in [1.807, 2.05) is 0 Å². The number of fused-ring (bicyclic) bond motifs is 46. The van der Waals surface area contributed by atoms with Gasteiger partial charge in [-0.3, -0.25) is 19.6 Å². The normalized spacial score (nSPS) is 27.3. The van der Waals surface area contributed by atoms with Crippen LogP contribution >= 0.6 is 0 Å². The van der Waals surface area contributed by atoms with Gasteiger partial charge in [-0.2, -0.15) is 0 Å². The van der Waals surface area contributed by atoms with Crippen LogP contribution in [-0.4, -0.2) is 257 Å². The molecule has 6 heterocycles. The summed E-state index contributed by atoms with van der Waals surface area (Å²) in [6, 6.07) is 0. The zero-order chi connectivity index (χ0) is 56.9. The molecule has 0 spiro atoms. The van der Waals surface area contributed by atoms with E-state index in [1.165, 1.54) is 0 Å². The van der Waals surface area contributed by atoms with Crippen molar-refractivity contribution < 1.29 is 222 Å². The van der Waals surface area contributed by atoms with Gasteiger partial charge in [-0.05, 0) is 55.8 Å². The van der Waals surface area contributed by atoms with Crippen molar-refractivity contribution in [3.63, 3.8) is 0 Å². The Balaban J connectivity index is -0.000000240. The molecule has 81 heavy (non-hydrogen) atoms. The molecule has 22 nitrogen and oxygen atoms in total. The minimum Gasteiger partial charge on any atom is -0.0805 e. The van der Waals surface area contributed by atoms with Crippen molar-refractivity contribution >= 4 is 0 Å². The molecule has 3 aliphatic carbocycles. The Labute approximate surface area is 591 Å². The maximum absolute atomic E-state index is 7.50. The van der Waals surface area contributed by atoms with Gasteiger partial charge in [0.05, 0.1) is 159 Å². The molecule has 0 aromatic carbocycles. The summed E-state index contributed by atoms with van der Waals surface area (Å²) in [5.74, 6) is 3.03. The van der Waals surface area contributed by atoms with E-state index < -0.39 is 0 Å². The van der Waals surface area contributed by atoms with E-state index in [9.17, 15) is 0 Å². The first-order chi connectivity index (χ1) is 38.4. The van der Waals surface area contributed by atoms with Crippen LogP contribution in [0.15, 0.2) is 24.3 Å². The summed E-state index contributed by atoms with van der Waals surface area (Å²) in [6.07, 6.45) is 20.3. The maximum Gasteiger partial charge on any atom is 1.00 e. The van der Waals surface area contributed by atoms with Crippen molar-refractivity contribution in [3.05, 3.63) is 96.3 Å². The summed E-state index contributed by atoms with van der Waals surface area (Å²) in [5.41, 5.74) is 0. The number of rotatable bonds is 0. The van der Waals surface area contributed by atoms with Crippen LogP contribution in [0.3, 0.4) is 0 Å². The summed E-state index contributed by atoms with van der Waals surface area (Å²) in [4.78, 5) is 9.25. The molecular formula is C55H85CrK2MnN4O18+2. The smallest absolute Gasteiger partial charge is 0.0805 e. The summed E-state index contributed by atoms with van der Waals surface area (Å²) in [7, 11) is 0. The molecule has 4 bridgehead atoms. The van der Waals surface area contributed by atoms with E-state index in [0.717, 1.165) is 102 Å². The van der Waals surface area contributed by atoms with Gasteiger partial charge in [-0.1, -0.05) is 24.3 Å². The second-order valence-corrected chi connectivity index (χ2v) is 16.8. The molecule has 446 valence electrons. The standard InChI is InChI=1S/2C18H36N2O6.C13H13.6CO.Cr.2K.Mn/c2*1-7-21-13-14-24-10-4-20-5-11-25-17-15-22-8-2-19(1)3-9-23-16-18-26-12-6-20;1-2-6-10-11(7-3-1)13-9-5-4-8-12(10)13;6*1-2;;;;/h2*1-18H2;1-13H;;;;;;;;;;/q;;;;;;;;;;2*+1;. The number of ether oxygens (including phenoxy) is 12. The van der Waals surface area contributed by atoms with Crippen molar-refractivity contribution in [1.82, 2.24) is 19.6 Å². The Morgan fingerprint density at radius 2 is 0.395 bits per heavy atom. The van der Waals surface area contributed by atoms with Crippen LogP contribution in [0.25, 0.3) is 0 Å². The quantitative estimate of drug-likeness (QED) is 0.127. The Hall–Kier alpha value is 1.60. The van der Waals surface area contributed by atoms with Gasteiger partial charge in [0.25, 0.3) is 0 Å². The third-order valence-corrected chi connectivity index (χ3v) is 12.3. The van der Waals surface area contributed by atoms with Crippen LogP contribution < -0.4 is 103 Å². The molecule has 0 amide bonds. The van der Waals surface area contributed by atoms with Crippen LogP contribution in [0.1, 0.15) is 0 Å². The first-order valence-electron chi connectivity index (χ1n) is 25.9. The van der Waals surface area contributed by atoms with E-state index in [2.05, 4.69) is 116 Å². The predicted molar refractivity (Wildman–Crippen MR) is 273 cm³/mol. The molecule has 9 aliphatic rings. The fourth-order valence-electron chi connectivity index (χ4n) is 8.34. The van der Waals surface area contributed by atoms with Crippen molar-refractivity contribution in [3.8, 4) is 0 Å². The maximum atomic E-state index is 7.50. The third-order valence-electron chi connectivity index (χ3n) is 12.3. The largest absolute Gasteiger partial charge is 1.00 e. The third kappa shape index (κ3) is 53.2. The zero-order valence-electron chi connectivity index (χ0n) is 47.9. The Bertz CT molecular complexity index is 1200. The molecule has 0 aromatic heterocycles. The van der Waals surface area contributed by atoms with Gasteiger partial charge in [-0.25, -0.2) is 0 Å². The topological polar surface area (TPSA) is 243 Å². The van der Waals surface area contributed by atoms with Gasteiger partial charge in [0.15, 0.2) is 0 Å². The van der Waals surface area contributed by atoms with Gasteiger partial charge >= 0.3 is 171 Å². The van der Waals surface area contributed by atoms with E-state index in [0.29, 0.717) is 159 Å². The van der Waals surface area contributed by atoms with Crippen LogP contribution in [0.2, 0.25) is 0 Å². The predicted octanol–water partition coefficient (Wildman–Crippen LogP) is -4.16. The van der Waals surface area contributed by atoms with Gasteiger partial charge < -0.3 is 56.8 Å². The number of allylic oxidation sites excluding steroid dienone is 4. The van der Waals surface area contributed by atoms with E-state index in [4.69, 9.17) is 84.8 Å². The van der Waals surface area contributed by atoms with Crippen molar-refractivity contribution in [2.24, 2.45) is 23.7 Å². The average molecular weight is 1280 g/mol. The number of nitrogens with zero attached hydrogens (tertiary/aromatic N) is 4. The summed E-state index contributed by atoms with van der Waals surface area (Å²) >= 11 is 0. The minimum atomic E-state index is 0. The Morgan fingerprint density at radius 3 is 0.543 bits per heavy atom. The van der Waals surface area contributed by atoms with Crippen molar-refractivity contribution in [2.45, 2.75) is 0 Å². The average Bonchev–Trinajstić information content (AvgIpc) is 3.70. The zero-order valence-corrected chi connectivity index (χ0v) is 56.6. The van der Waals surface area contributed by atoms with Gasteiger partial charge in [-0.15, -0.1) is 0 Å². The van der Waals surface area contributed by atoms with Gasteiger partial charge in [0.1, 0.15) is 0 Å². The van der Waals surface area contributed by atoms with Crippen LogP contribution in [0, 0.1) is 95.7 Å². The van der Waals surface area contributed by atoms with Crippen molar-refractivity contribution in [1.29, 1.82) is 0 Å². The van der Waals surface area contributed by atoms with Crippen LogP contribution in [-0.2, 0) is 119 Å². The number of hydrogen-bond acceptors (Lipinski definition) is 16. The van der Waals surface area contributed by atoms with Crippen LogP contribution in [0.4, 0.5) is 0 Å². The monoisotopic (exact) mass is 1270 g/mol. The molecule has 8 fully saturated rings. The second-order valence-electron chi connectivity index (χ2n) is 16.8. The van der Waals surface area contributed by atoms with Gasteiger partial charge in [0.2, 0.25) is 0 Å². The van der Waals surface area contributed by atoms with E-state index in [1.54, 1.807) is 0 Å². The first kappa shape index (κ1) is 93.7. The van der Waals surface area contributed by atoms with E-state index >= 15 is 0 Å². The summed E-state index contributed by atoms with van der Waals surface area (Å²) in [5, 5.41) is 0. The Kier molecular flexibility index (Phi) is 89.9. The van der Waals surface area contributed by atoms with Crippen molar-refractivity contribution in [2.75, 3.05) is 237 Å². The molecule has 0 aromatic rings. The summed E-state index contributed by atoms with van der Waals surface area (Å²) < 4.78 is 113. The fraction of sp³-hybridized carbons (Fsp3) is 0.727. The second kappa shape index (κ2) is 77.7. The molecule has 6 radical (unpaired) electrons. The SMILES string of the molecule is C1COCCN2CCOCCOCCN(CCO1)CCOCCOCC2.C1COCCN2CCOCCOCCN(CCO1)CCOCCOCC2.[C-]#[O+].[C-]#[O+].[C-]#[O+].[C-]#[O+].[C-]#[O+].[C-]#[O+].[CH]1[CH][CH]C2C([CH][CH]1)C1C=CC=CC21.[Cr].[K+].[K+].[Mn]. The minimum absolute atomic E-state index is 0. The Morgan fingerprint density at radius 1 is 0.247 bits per heavy atom. The molecule has 6 saturated heterocycles. The fourth-order valence-corrected chi connectivity index (χ4v) is 8.34. The van der Waals surface area contributed by atoms with Crippen LogP contribution in [0.5, 0.6) is 0 Å². The summed E-state index contributed by atoms with van der Waals surface area (Å²) in [6.45, 7) is 53.4. The molecule has 4 unspecified atom stereocenters.